The fourth-order valence-corrected chi connectivity index (χ4v) is 2.07. The Morgan fingerprint density at radius 1 is 1.53 bits per heavy atom. The predicted octanol–water partition coefficient (Wildman–Crippen LogP) is 1.41. The maximum Gasteiger partial charge on any atom is 0.322 e. The molecule has 1 heterocycles. The highest BCUT2D eigenvalue weighted by molar-refractivity contribution is 5.75. The van der Waals surface area contributed by atoms with Gasteiger partial charge < -0.3 is 9.47 Å². The van der Waals surface area contributed by atoms with Gasteiger partial charge in [-0.05, 0) is 18.1 Å². The highest BCUT2D eigenvalue weighted by Crippen LogP contribution is 2.24. The zero-order valence-corrected chi connectivity index (χ0v) is 10.1. The van der Waals surface area contributed by atoms with Crippen LogP contribution in [-0.2, 0) is 20.9 Å². The third-order valence-electron chi connectivity index (χ3n) is 2.98. The van der Waals surface area contributed by atoms with Crippen LogP contribution in [0, 0.1) is 0 Å². The first kappa shape index (κ1) is 12.1. The molecule has 17 heavy (non-hydrogen) atoms. The van der Waals surface area contributed by atoms with Crippen LogP contribution < -0.4 is 5.32 Å². The Balaban J connectivity index is 2.11. The molecule has 0 fully saturated rings. The van der Waals surface area contributed by atoms with Crippen molar-refractivity contribution in [3.63, 3.8) is 0 Å². The van der Waals surface area contributed by atoms with E-state index in [4.69, 9.17) is 9.47 Å². The van der Waals surface area contributed by atoms with E-state index in [2.05, 4.69) is 11.4 Å². The van der Waals surface area contributed by atoms with Gasteiger partial charge in [0.2, 0.25) is 0 Å². The molecule has 0 amide bonds. The quantitative estimate of drug-likeness (QED) is 0.805. The summed E-state index contributed by atoms with van der Waals surface area (Å²) in [5, 5.41) is 3.23. The van der Waals surface area contributed by atoms with E-state index in [-0.39, 0.29) is 18.1 Å². The molecule has 1 aromatic rings. The Labute approximate surface area is 101 Å². The number of benzene rings is 1. The summed E-state index contributed by atoms with van der Waals surface area (Å²) < 4.78 is 10.2. The predicted molar refractivity (Wildman–Crippen MR) is 63.5 cm³/mol. The lowest BCUT2D eigenvalue weighted by atomic mass is 9.98. The van der Waals surface area contributed by atoms with Crippen molar-refractivity contribution in [3.8, 4) is 0 Å². The number of ether oxygens (including phenoxy) is 2. The van der Waals surface area contributed by atoms with E-state index >= 15 is 0 Å². The van der Waals surface area contributed by atoms with Crippen LogP contribution in [0.1, 0.15) is 24.1 Å². The second-order valence-corrected chi connectivity index (χ2v) is 4.18. The summed E-state index contributed by atoms with van der Waals surface area (Å²) >= 11 is 0. The lowest BCUT2D eigenvalue weighted by molar-refractivity contribution is -0.143. The Hall–Kier alpha value is -1.39. The first-order valence-electron chi connectivity index (χ1n) is 5.72. The number of hydrogen-bond acceptors (Lipinski definition) is 4. The highest BCUT2D eigenvalue weighted by Gasteiger charge is 2.24. The van der Waals surface area contributed by atoms with Gasteiger partial charge >= 0.3 is 5.97 Å². The largest absolute Gasteiger partial charge is 0.468 e. The fraction of sp³-hybridized carbons (Fsp3) is 0.462. The SMILES string of the molecule is COC(=O)[C@@H](C)NC1COCc2ccccc21. The number of carbonyl (C=O) groups excluding carboxylic acids is 1. The molecule has 0 aromatic heterocycles. The fourth-order valence-electron chi connectivity index (χ4n) is 2.07. The van der Waals surface area contributed by atoms with Gasteiger partial charge in [0.15, 0.2) is 0 Å². The number of methoxy groups -OCH3 is 1. The molecule has 0 saturated carbocycles. The van der Waals surface area contributed by atoms with Gasteiger partial charge in [0.1, 0.15) is 6.04 Å². The molecule has 0 bridgehead atoms. The van der Waals surface area contributed by atoms with E-state index in [9.17, 15) is 4.79 Å². The third kappa shape index (κ3) is 2.65. The number of nitrogens with one attached hydrogen (secondary N) is 1. The Bertz CT molecular complexity index is 405. The van der Waals surface area contributed by atoms with Crippen molar-refractivity contribution in [2.45, 2.75) is 25.6 Å². The molecular weight excluding hydrogens is 218 g/mol. The van der Waals surface area contributed by atoms with Crippen molar-refractivity contribution in [1.82, 2.24) is 5.32 Å². The summed E-state index contributed by atoms with van der Waals surface area (Å²) in [5.74, 6) is -0.256. The van der Waals surface area contributed by atoms with E-state index in [1.165, 1.54) is 18.2 Å². The normalized spacial score (nSPS) is 20.5. The molecule has 92 valence electrons. The topological polar surface area (TPSA) is 47.6 Å². The second-order valence-electron chi connectivity index (χ2n) is 4.18. The molecule has 0 saturated heterocycles. The first-order chi connectivity index (χ1) is 8.22. The third-order valence-corrected chi connectivity index (χ3v) is 2.98. The summed E-state index contributed by atoms with van der Waals surface area (Å²) in [7, 11) is 1.39. The standard InChI is InChI=1S/C13H17NO3/c1-9(13(15)16-2)14-12-8-17-7-10-5-3-4-6-11(10)12/h3-6,9,12,14H,7-8H2,1-2H3/t9-,12?/m1/s1. The van der Waals surface area contributed by atoms with E-state index in [0.717, 1.165) is 0 Å². The molecular formula is C13H17NO3. The summed E-state index contributed by atoms with van der Waals surface area (Å²) in [6.07, 6.45) is 0. The molecule has 0 radical (unpaired) electrons. The highest BCUT2D eigenvalue weighted by atomic mass is 16.5. The minimum absolute atomic E-state index is 0.0500. The lowest BCUT2D eigenvalue weighted by Gasteiger charge is -2.28. The van der Waals surface area contributed by atoms with Crippen molar-refractivity contribution in [3.05, 3.63) is 35.4 Å². The van der Waals surface area contributed by atoms with Crippen LogP contribution in [0.5, 0.6) is 0 Å². The molecule has 1 aliphatic heterocycles. The minimum Gasteiger partial charge on any atom is -0.468 e. The van der Waals surface area contributed by atoms with Gasteiger partial charge in [0.25, 0.3) is 0 Å². The molecule has 1 N–H and O–H groups in total. The van der Waals surface area contributed by atoms with Gasteiger partial charge in [-0.15, -0.1) is 0 Å². The van der Waals surface area contributed by atoms with Crippen molar-refractivity contribution >= 4 is 5.97 Å². The summed E-state index contributed by atoms with van der Waals surface area (Å²) in [5.41, 5.74) is 2.38. The van der Waals surface area contributed by atoms with E-state index < -0.39 is 0 Å². The minimum atomic E-state index is -0.334. The average Bonchev–Trinajstić information content (AvgIpc) is 2.38. The average molecular weight is 235 g/mol. The molecule has 2 rings (SSSR count). The van der Waals surface area contributed by atoms with Crippen molar-refractivity contribution < 1.29 is 14.3 Å². The van der Waals surface area contributed by atoms with Crippen molar-refractivity contribution in [1.29, 1.82) is 0 Å². The summed E-state index contributed by atoms with van der Waals surface area (Å²) in [4.78, 5) is 11.4. The Kier molecular flexibility index (Phi) is 3.76. The van der Waals surface area contributed by atoms with Crippen LogP contribution in [0.25, 0.3) is 0 Å². The van der Waals surface area contributed by atoms with Crippen molar-refractivity contribution in [2.75, 3.05) is 13.7 Å². The van der Waals surface area contributed by atoms with Crippen LogP contribution in [0.2, 0.25) is 0 Å². The lowest BCUT2D eigenvalue weighted by Crippen LogP contribution is -2.40. The number of fused-ring (bicyclic) bond motifs is 1. The molecule has 4 nitrogen and oxygen atoms in total. The molecule has 1 aromatic carbocycles. The van der Waals surface area contributed by atoms with Gasteiger partial charge in [-0.2, -0.15) is 0 Å². The van der Waals surface area contributed by atoms with Crippen molar-refractivity contribution in [2.24, 2.45) is 0 Å². The molecule has 0 aliphatic carbocycles. The maximum atomic E-state index is 11.4. The van der Waals surface area contributed by atoms with Gasteiger partial charge in [-0.3, -0.25) is 10.1 Å². The number of esters is 1. The number of rotatable bonds is 3. The van der Waals surface area contributed by atoms with E-state index in [1.807, 2.05) is 18.2 Å². The van der Waals surface area contributed by atoms with Gasteiger partial charge in [-0.25, -0.2) is 0 Å². The van der Waals surface area contributed by atoms with Gasteiger partial charge in [0.05, 0.1) is 26.4 Å². The Morgan fingerprint density at radius 2 is 2.29 bits per heavy atom. The van der Waals surface area contributed by atoms with Crippen LogP contribution in [-0.4, -0.2) is 25.7 Å². The number of carbonyl (C=O) groups is 1. The number of hydrogen-bond donors (Lipinski definition) is 1. The molecule has 0 spiro atoms. The maximum absolute atomic E-state index is 11.4. The molecule has 1 unspecified atom stereocenters. The van der Waals surface area contributed by atoms with Crippen LogP contribution in [0.3, 0.4) is 0 Å². The zero-order chi connectivity index (χ0) is 12.3. The summed E-state index contributed by atoms with van der Waals surface area (Å²) in [6, 6.07) is 7.83. The Morgan fingerprint density at radius 3 is 3.06 bits per heavy atom. The summed E-state index contributed by atoms with van der Waals surface area (Å²) in [6.45, 7) is 3.02. The van der Waals surface area contributed by atoms with E-state index in [1.54, 1.807) is 6.92 Å². The van der Waals surface area contributed by atoms with Gasteiger partial charge in [-0.1, -0.05) is 24.3 Å². The van der Waals surface area contributed by atoms with E-state index in [0.29, 0.717) is 13.2 Å². The van der Waals surface area contributed by atoms with Crippen LogP contribution in [0.15, 0.2) is 24.3 Å². The van der Waals surface area contributed by atoms with Crippen LogP contribution >= 0.6 is 0 Å². The molecule has 4 heteroatoms. The molecule has 2 atom stereocenters. The van der Waals surface area contributed by atoms with Gasteiger partial charge in [0, 0.05) is 0 Å². The first-order valence-corrected chi connectivity index (χ1v) is 5.72. The monoisotopic (exact) mass is 235 g/mol. The second kappa shape index (κ2) is 5.29. The van der Waals surface area contributed by atoms with Crippen LogP contribution in [0.4, 0.5) is 0 Å². The smallest absolute Gasteiger partial charge is 0.322 e. The molecule has 1 aliphatic rings. The zero-order valence-electron chi connectivity index (χ0n) is 10.1.